The minimum atomic E-state index is 0.602. The summed E-state index contributed by atoms with van der Waals surface area (Å²) in [6.07, 6.45) is 1.16. The van der Waals surface area contributed by atoms with Crippen molar-refractivity contribution in [1.29, 1.82) is 0 Å². The molecule has 0 spiro atoms. The average Bonchev–Trinajstić information content (AvgIpc) is 2.16. The van der Waals surface area contributed by atoms with E-state index in [-0.39, 0.29) is 0 Å². The molecular formula is C11H18N2. The van der Waals surface area contributed by atoms with Crippen LogP contribution in [0.15, 0.2) is 24.3 Å². The summed E-state index contributed by atoms with van der Waals surface area (Å²) < 4.78 is 0. The molecular weight excluding hydrogens is 160 g/mol. The third-order valence-electron chi connectivity index (χ3n) is 2.35. The molecule has 1 rings (SSSR count). The van der Waals surface area contributed by atoms with Crippen LogP contribution < -0.4 is 11.1 Å². The fraction of sp³-hybridized carbons (Fsp3) is 0.455. The summed E-state index contributed by atoms with van der Waals surface area (Å²) >= 11 is 0. The van der Waals surface area contributed by atoms with E-state index >= 15 is 0 Å². The van der Waals surface area contributed by atoms with E-state index in [0.29, 0.717) is 5.92 Å². The number of likely N-dealkylation sites (N-methyl/N-ethyl adjacent to an activating group) is 1. The molecule has 0 saturated carbocycles. The van der Waals surface area contributed by atoms with Gasteiger partial charge < -0.3 is 11.1 Å². The normalized spacial score (nSPS) is 12.8. The number of nitrogens with two attached hydrogens (primary N) is 1. The molecule has 0 amide bonds. The van der Waals surface area contributed by atoms with Crippen molar-refractivity contribution in [2.24, 2.45) is 0 Å². The van der Waals surface area contributed by atoms with Gasteiger partial charge in [-0.15, -0.1) is 0 Å². The van der Waals surface area contributed by atoms with Gasteiger partial charge in [-0.05, 0) is 37.1 Å². The van der Waals surface area contributed by atoms with Gasteiger partial charge in [0.05, 0.1) is 0 Å². The summed E-state index contributed by atoms with van der Waals surface area (Å²) in [5.74, 6) is 0.602. The minimum absolute atomic E-state index is 0.602. The molecule has 0 fully saturated rings. The minimum Gasteiger partial charge on any atom is -0.399 e. The van der Waals surface area contributed by atoms with Gasteiger partial charge >= 0.3 is 0 Å². The molecule has 0 aliphatic heterocycles. The monoisotopic (exact) mass is 178 g/mol. The maximum atomic E-state index is 5.63. The summed E-state index contributed by atoms with van der Waals surface area (Å²) in [7, 11) is 1.99. The molecule has 13 heavy (non-hydrogen) atoms. The SMILES string of the molecule is CCC(CNC)c1ccc(N)cc1. The van der Waals surface area contributed by atoms with E-state index in [2.05, 4.69) is 24.4 Å². The van der Waals surface area contributed by atoms with E-state index in [1.165, 1.54) is 5.56 Å². The molecule has 1 aromatic rings. The van der Waals surface area contributed by atoms with E-state index < -0.39 is 0 Å². The highest BCUT2D eigenvalue weighted by Crippen LogP contribution is 2.19. The topological polar surface area (TPSA) is 38.0 Å². The third kappa shape index (κ3) is 2.74. The zero-order valence-electron chi connectivity index (χ0n) is 8.38. The lowest BCUT2D eigenvalue weighted by Gasteiger charge is -2.14. The van der Waals surface area contributed by atoms with Gasteiger partial charge in [0.2, 0.25) is 0 Å². The van der Waals surface area contributed by atoms with Crippen molar-refractivity contribution in [3.05, 3.63) is 29.8 Å². The second kappa shape index (κ2) is 4.87. The second-order valence-corrected chi connectivity index (χ2v) is 3.33. The van der Waals surface area contributed by atoms with Crippen molar-refractivity contribution in [3.63, 3.8) is 0 Å². The van der Waals surface area contributed by atoms with Crippen molar-refractivity contribution in [1.82, 2.24) is 5.32 Å². The maximum absolute atomic E-state index is 5.63. The molecule has 3 N–H and O–H groups in total. The summed E-state index contributed by atoms with van der Waals surface area (Å²) in [6.45, 7) is 3.23. The number of benzene rings is 1. The second-order valence-electron chi connectivity index (χ2n) is 3.33. The number of nitrogen functional groups attached to an aromatic ring is 1. The van der Waals surface area contributed by atoms with Crippen molar-refractivity contribution in [2.75, 3.05) is 19.3 Å². The molecule has 0 bridgehead atoms. The van der Waals surface area contributed by atoms with Crippen LogP contribution in [0.2, 0.25) is 0 Å². The lowest BCUT2D eigenvalue weighted by molar-refractivity contribution is 0.612. The Morgan fingerprint density at radius 1 is 1.31 bits per heavy atom. The standard InChI is InChI=1S/C11H18N2/c1-3-9(8-13-2)10-4-6-11(12)7-5-10/h4-7,9,13H,3,8,12H2,1-2H3. The first-order valence-electron chi connectivity index (χ1n) is 4.78. The fourth-order valence-electron chi connectivity index (χ4n) is 1.51. The zero-order chi connectivity index (χ0) is 9.68. The summed E-state index contributed by atoms with van der Waals surface area (Å²) in [5.41, 5.74) is 7.83. The van der Waals surface area contributed by atoms with Crippen LogP contribution in [0.1, 0.15) is 24.8 Å². The van der Waals surface area contributed by atoms with Crippen molar-refractivity contribution in [2.45, 2.75) is 19.3 Å². The molecule has 1 atom stereocenters. The van der Waals surface area contributed by atoms with Gasteiger partial charge in [0.15, 0.2) is 0 Å². The Kier molecular flexibility index (Phi) is 3.77. The van der Waals surface area contributed by atoms with Gasteiger partial charge in [-0.1, -0.05) is 19.1 Å². The van der Waals surface area contributed by atoms with Gasteiger partial charge in [0.1, 0.15) is 0 Å². The number of hydrogen-bond acceptors (Lipinski definition) is 2. The smallest absolute Gasteiger partial charge is 0.0314 e. The fourth-order valence-corrected chi connectivity index (χ4v) is 1.51. The Morgan fingerprint density at radius 2 is 1.92 bits per heavy atom. The molecule has 0 aliphatic carbocycles. The van der Waals surface area contributed by atoms with Crippen LogP contribution in [0.25, 0.3) is 0 Å². The van der Waals surface area contributed by atoms with Gasteiger partial charge in [-0.2, -0.15) is 0 Å². The van der Waals surface area contributed by atoms with Crippen molar-refractivity contribution in [3.8, 4) is 0 Å². The lowest BCUT2D eigenvalue weighted by Crippen LogP contribution is -2.16. The van der Waals surface area contributed by atoms with Crippen LogP contribution in [0, 0.1) is 0 Å². The highest BCUT2D eigenvalue weighted by molar-refractivity contribution is 5.40. The number of nitrogens with one attached hydrogen (secondary N) is 1. The first-order chi connectivity index (χ1) is 6.27. The van der Waals surface area contributed by atoms with E-state index in [0.717, 1.165) is 18.7 Å². The summed E-state index contributed by atoms with van der Waals surface area (Å²) in [5, 5.41) is 3.20. The van der Waals surface area contributed by atoms with E-state index in [4.69, 9.17) is 5.73 Å². The Hall–Kier alpha value is -1.02. The lowest BCUT2D eigenvalue weighted by atomic mass is 9.96. The van der Waals surface area contributed by atoms with Crippen LogP contribution in [0.5, 0.6) is 0 Å². The molecule has 1 aromatic carbocycles. The van der Waals surface area contributed by atoms with Crippen LogP contribution in [0.4, 0.5) is 5.69 Å². The highest BCUT2D eigenvalue weighted by atomic mass is 14.8. The molecule has 0 saturated heterocycles. The molecule has 1 unspecified atom stereocenters. The number of rotatable bonds is 4. The molecule has 0 heterocycles. The van der Waals surface area contributed by atoms with Gasteiger partial charge in [-0.3, -0.25) is 0 Å². The summed E-state index contributed by atoms with van der Waals surface area (Å²) in [6, 6.07) is 8.16. The van der Waals surface area contributed by atoms with Crippen molar-refractivity contribution < 1.29 is 0 Å². The number of hydrogen-bond donors (Lipinski definition) is 2. The van der Waals surface area contributed by atoms with Crippen LogP contribution in [-0.4, -0.2) is 13.6 Å². The van der Waals surface area contributed by atoms with Gasteiger partial charge in [-0.25, -0.2) is 0 Å². The maximum Gasteiger partial charge on any atom is 0.0314 e. The largest absolute Gasteiger partial charge is 0.399 e. The molecule has 2 nitrogen and oxygen atoms in total. The molecule has 0 aromatic heterocycles. The highest BCUT2D eigenvalue weighted by Gasteiger charge is 2.06. The van der Waals surface area contributed by atoms with E-state index in [9.17, 15) is 0 Å². The molecule has 72 valence electrons. The van der Waals surface area contributed by atoms with E-state index in [1.807, 2.05) is 19.2 Å². The van der Waals surface area contributed by atoms with E-state index in [1.54, 1.807) is 0 Å². The number of anilines is 1. The predicted molar refractivity (Wildman–Crippen MR) is 57.8 cm³/mol. The molecule has 0 aliphatic rings. The Balaban J connectivity index is 2.73. The first kappa shape index (κ1) is 10.1. The predicted octanol–water partition coefficient (Wildman–Crippen LogP) is 1.98. The third-order valence-corrected chi connectivity index (χ3v) is 2.35. The molecule has 0 radical (unpaired) electrons. The van der Waals surface area contributed by atoms with Gasteiger partial charge in [0.25, 0.3) is 0 Å². The van der Waals surface area contributed by atoms with Crippen molar-refractivity contribution >= 4 is 5.69 Å². The van der Waals surface area contributed by atoms with Crippen LogP contribution >= 0.6 is 0 Å². The average molecular weight is 178 g/mol. The molecule has 2 heteroatoms. The summed E-state index contributed by atoms with van der Waals surface area (Å²) in [4.78, 5) is 0. The van der Waals surface area contributed by atoms with Crippen LogP contribution in [0.3, 0.4) is 0 Å². The van der Waals surface area contributed by atoms with Crippen LogP contribution in [-0.2, 0) is 0 Å². The zero-order valence-corrected chi connectivity index (χ0v) is 8.38. The quantitative estimate of drug-likeness (QED) is 0.692. The van der Waals surface area contributed by atoms with Gasteiger partial charge in [0, 0.05) is 12.2 Å². The Bertz CT molecular complexity index is 241. The first-order valence-corrected chi connectivity index (χ1v) is 4.78. The Morgan fingerprint density at radius 3 is 2.38 bits per heavy atom. The Labute approximate surface area is 80.1 Å².